The number of rotatable bonds is 1. The van der Waals surface area contributed by atoms with Crippen molar-refractivity contribution < 1.29 is 9.53 Å². The lowest BCUT2D eigenvalue weighted by atomic mass is 9.93. The summed E-state index contributed by atoms with van der Waals surface area (Å²) in [4.78, 5) is 15.1. The molecule has 3 atom stereocenters. The van der Waals surface area contributed by atoms with Crippen molar-refractivity contribution in [1.29, 1.82) is 0 Å². The lowest BCUT2D eigenvalue weighted by Gasteiger charge is -2.33. The van der Waals surface area contributed by atoms with Crippen LogP contribution in [0.3, 0.4) is 0 Å². The van der Waals surface area contributed by atoms with Gasteiger partial charge in [0.15, 0.2) is 0 Å². The van der Waals surface area contributed by atoms with E-state index >= 15 is 0 Å². The van der Waals surface area contributed by atoms with Gasteiger partial charge in [-0.3, -0.25) is 4.79 Å². The molecule has 17 heavy (non-hydrogen) atoms. The predicted molar refractivity (Wildman–Crippen MR) is 67.3 cm³/mol. The third kappa shape index (κ3) is 2.11. The largest absolute Gasteiger partial charge is 0.375 e. The molecule has 0 bridgehead atoms. The highest BCUT2D eigenvalue weighted by Gasteiger charge is 2.38. The van der Waals surface area contributed by atoms with Gasteiger partial charge in [-0.15, -0.1) is 11.3 Å². The van der Waals surface area contributed by atoms with E-state index in [9.17, 15) is 4.79 Å². The van der Waals surface area contributed by atoms with Gasteiger partial charge in [0, 0.05) is 19.0 Å². The zero-order valence-corrected chi connectivity index (χ0v) is 10.8. The first kappa shape index (κ1) is 11.2. The van der Waals surface area contributed by atoms with Crippen LogP contribution in [0.25, 0.3) is 0 Å². The minimum absolute atomic E-state index is 0.193. The second-order valence-electron chi connectivity index (χ2n) is 5.00. The van der Waals surface area contributed by atoms with Crippen molar-refractivity contribution in [1.82, 2.24) is 4.90 Å². The molecule has 0 N–H and O–H groups in total. The summed E-state index contributed by atoms with van der Waals surface area (Å²) in [6, 6.07) is 3.85. The van der Waals surface area contributed by atoms with Gasteiger partial charge in [0.05, 0.1) is 17.1 Å². The van der Waals surface area contributed by atoms with Crippen molar-refractivity contribution in [3.05, 3.63) is 22.4 Å². The number of carbonyl (C=O) groups is 1. The second kappa shape index (κ2) is 4.42. The Hall–Kier alpha value is -0.870. The highest BCUT2D eigenvalue weighted by Crippen LogP contribution is 2.33. The molecule has 0 saturated carbocycles. The SMILES string of the molecule is C[C@@H]1C[C@@H]2CN(C(=O)c3cccs3)CC[C@H]2O1. The molecule has 1 amide bonds. The zero-order chi connectivity index (χ0) is 11.8. The summed E-state index contributed by atoms with van der Waals surface area (Å²) in [7, 11) is 0. The number of hydrogen-bond donors (Lipinski definition) is 0. The normalized spacial score (nSPS) is 32.5. The van der Waals surface area contributed by atoms with Gasteiger partial charge < -0.3 is 9.64 Å². The minimum atomic E-state index is 0.193. The summed E-state index contributed by atoms with van der Waals surface area (Å²) in [6.45, 7) is 3.83. The number of likely N-dealkylation sites (tertiary alicyclic amines) is 1. The maximum absolute atomic E-state index is 12.2. The van der Waals surface area contributed by atoms with E-state index < -0.39 is 0 Å². The zero-order valence-electron chi connectivity index (χ0n) is 9.96. The van der Waals surface area contributed by atoms with Crippen molar-refractivity contribution in [3.63, 3.8) is 0 Å². The van der Waals surface area contributed by atoms with E-state index in [1.165, 1.54) is 11.3 Å². The number of nitrogens with zero attached hydrogens (tertiary/aromatic N) is 1. The van der Waals surface area contributed by atoms with Crippen LogP contribution in [0.2, 0.25) is 0 Å². The Morgan fingerprint density at radius 2 is 2.47 bits per heavy atom. The molecule has 2 aliphatic heterocycles. The molecular weight excluding hydrogens is 234 g/mol. The number of thiophene rings is 1. The molecule has 0 spiro atoms. The van der Waals surface area contributed by atoms with E-state index in [-0.39, 0.29) is 5.91 Å². The number of amides is 1. The van der Waals surface area contributed by atoms with Crippen LogP contribution in [0, 0.1) is 5.92 Å². The summed E-state index contributed by atoms with van der Waals surface area (Å²) in [6.07, 6.45) is 2.84. The molecule has 0 aliphatic carbocycles. The maximum atomic E-state index is 12.2. The van der Waals surface area contributed by atoms with Crippen molar-refractivity contribution in [2.45, 2.75) is 32.0 Å². The van der Waals surface area contributed by atoms with Gasteiger partial charge >= 0.3 is 0 Å². The van der Waals surface area contributed by atoms with E-state index in [1.807, 2.05) is 22.4 Å². The first-order chi connectivity index (χ1) is 8.24. The lowest BCUT2D eigenvalue weighted by Crippen LogP contribution is -2.44. The molecule has 0 radical (unpaired) electrons. The average Bonchev–Trinajstić information content (AvgIpc) is 2.94. The fourth-order valence-corrected chi connectivity index (χ4v) is 3.63. The summed E-state index contributed by atoms with van der Waals surface area (Å²) in [5.74, 6) is 0.737. The lowest BCUT2D eigenvalue weighted by molar-refractivity contribution is 0.00878. The summed E-state index contributed by atoms with van der Waals surface area (Å²) in [5.41, 5.74) is 0. The molecule has 2 fully saturated rings. The monoisotopic (exact) mass is 251 g/mol. The molecule has 2 aliphatic rings. The molecule has 4 heteroatoms. The highest BCUT2D eigenvalue weighted by molar-refractivity contribution is 7.12. The average molecular weight is 251 g/mol. The van der Waals surface area contributed by atoms with Crippen LogP contribution in [0.1, 0.15) is 29.4 Å². The Morgan fingerprint density at radius 1 is 1.59 bits per heavy atom. The maximum Gasteiger partial charge on any atom is 0.263 e. The van der Waals surface area contributed by atoms with E-state index in [4.69, 9.17) is 4.74 Å². The predicted octanol–water partition coefficient (Wildman–Crippen LogP) is 2.39. The minimum Gasteiger partial charge on any atom is -0.375 e. The first-order valence-corrected chi connectivity index (χ1v) is 7.10. The van der Waals surface area contributed by atoms with Crippen LogP contribution in [0.5, 0.6) is 0 Å². The van der Waals surface area contributed by atoms with Crippen LogP contribution in [-0.2, 0) is 4.74 Å². The fourth-order valence-electron chi connectivity index (χ4n) is 2.94. The molecular formula is C13H17NO2S. The van der Waals surface area contributed by atoms with Gasteiger partial charge in [-0.05, 0) is 31.2 Å². The van der Waals surface area contributed by atoms with E-state index in [2.05, 4.69) is 6.92 Å². The van der Waals surface area contributed by atoms with Crippen LogP contribution < -0.4 is 0 Å². The fraction of sp³-hybridized carbons (Fsp3) is 0.615. The van der Waals surface area contributed by atoms with Crippen molar-refractivity contribution in [3.8, 4) is 0 Å². The third-order valence-electron chi connectivity index (χ3n) is 3.73. The molecule has 3 rings (SSSR count). The molecule has 1 aromatic heterocycles. The third-order valence-corrected chi connectivity index (χ3v) is 4.58. The van der Waals surface area contributed by atoms with Crippen LogP contribution in [-0.4, -0.2) is 36.1 Å². The van der Waals surface area contributed by atoms with Crippen LogP contribution in [0.4, 0.5) is 0 Å². The van der Waals surface area contributed by atoms with Gasteiger partial charge in [-0.25, -0.2) is 0 Å². The molecule has 3 heterocycles. The molecule has 0 unspecified atom stereocenters. The van der Waals surface area contributed by atoms with Gasteiger partial charge in [0.2, 0.25) is 0 Å². The first-order valence-electron chi connectivity index (χ1n) is 6.22. The number of ether oxygens (including phenoxy) is 1. The molecule has 1 aromatic rings. The van der Waals surface area contributed by atoms with Crippen molar-refractivity contribution >= 4 is 17.2 Å². The smallest absolute Gasteiger partial charge is 0.263 e. The van der Waals surface area contributed by atoms with Gasteiger partial charge in [-0.1, -0.05) is 6.07 Å². The molecule has 2 saturated heterocycles. The number of carbonyl (C=O) groups excluding carboxylic acids is 1. The van der Waals surface area contributed by atoms with Gasteiger partial charge in [0.1, 0.15) is 0 Å². The summed E-state index contributed by atoms with van der Waals surface area (Å²) >= 11 is 1.53. The van der Waals surface area contributed by atoms with E-state index in [0.29, 0.717) is 18.1 Å². The van der Waals surface area contributed by atoms with Gasteiger partial charge in [0.25, 0.3) is 5.91 Å². The van der Waals surface area contributed by atoms with Crippen molar-refractivity contribution in [2.75, 3.05) is 13.1 Å². The quantitative estimate of drug-likeness (QED) is 0.767. The Bertz CT molecular complexity index is 404. The molecule has 0 aromatic carbocycles. The van der Waals surface area contributed by atoms with Gasteiger partial charge in [-0.2, -0.15) is 0 Å². The molecule has 3 nitrogen and oxygen atoms in total. The van der Waals surface area contributed by atoms with Crippen molar-refractivity contribution in [2.24, 2.45) is 5.92 Å². The standard InChI is InChI=1S/C13H17NO2S/c1-9-7-10-8-14(5-4-11(10)16-9)13(15)12-3-2-6-17-12/h2-3,6,9-11H,4-5,7-8H2,1H3/t9-,10-,11-/m1/s1. The number of piperidine rings is 1. The topological polar surface area (TPSA) is 29.5 Å². The Balaban J connectivity index is 1.69. The van der Waals surface area contributed by atoms with Crippen LogP contribution >= 0.6 is 11.3 Å². The summed E-state index contributed by atoms with van der Waals surface area (Å²) in [5, 5.41) is 1.96. The molecule has 92 valence electrons. The van der Waals surface area contributed by atoms with E-state index in [1.54, 1.807) is 0 Å². The summed E-state index contributed by atoms with van der Waals surface area (Å²) < 4.78 is 5.85. The Morgan fingerprint density at radius 3 is 3.24 bits per heavy atom. The Labute approximate surface area is 105 Å². The highest BCUT2D eigenvalue weighted by atomic mass is 32.1. The second-order valence-corrected chi connectivity index (χ2v) is 5.95. The van der Waals surface area contributed by atoms with E-state index in [0.717, 1.165) is 30.8 Å². The van der Waals surface area contributed by atoms with Crippen LogP contribution in [0.15, 0.2) is 17.5 Å². The Kier molecular flexibility index (Phi) is 2.92. The number of hydrogen-bond acceptors (Lipinski definition) is 3. The number of fused-ring (bicyclic) bond motifs is 1.